The molecule has 1 saturated heterocycles. The van der Waals surface area contributed by atoms with Crippen molar-refractivity contribution in [2.75, 3.05) is 13.2 Å². The van der Waals surface area contributed by atoms with Crippen LogP contribution in [-0.2, 0) is 36.1 Å². The Kier molecular flexibility index (Phi) is 9.47. The lowest BCUT2D eigenvalue weighted by Crippen LogP contribution is -2.32. The summed E-state index contributed by atoms with van der Waals surface area (Å²) in [5.41, 5.74) is -1.51. The fourth-order valence-electron chi connectivity index (χ4n) is 3.71. The number of nitrogens with zero attached hydrogens (tertiary/aromatic N) is 1. The molecular formula is C16H24N2O14P3-3. The van der Waals surface area contributed by atoms with Gasteiger partial charge in [0.1, 0.15) is 12.3 Å². The molecule has 0 amide bonds. The van der Waals surface area contributed by atoms with E-state index in [1.54, 1.807) is 0 Å². The summed E-state index contributed by atoms with van der Waals surface area (Å²) in [6.07, 6.45) is 1.28. The van der Waals surface area contributed by atoms with Crippen molar-refractivity contribution in [2.45, 2.75) is 57.0 Å². The summed E-state index contributed by atoms with van der Waals surface area (Å²) in [5, 5.41) is 10.1. The number of phosphoric ester groups is 2. The van der Waals surface area contributed by atoms with Gasteiger partial charge in [-0.3, -0.25) is 28.0 Å². The maximum absolute atomic E-state index is 11.9. The first kappa shape index (κ1) is 28.6. The molecule has 1 saturated carbocycles. The van der Waals surface area contributed by atoms with Crippen LogP contribution in [0.25, 0.3) is 0 Å². The van der Waals surface area contributed by atoms with Gasteiger partial charge in [0.25, 0.3) is 29.0 Å². The van der Waals surface area contributed by atoms with E-state index in [2.05, 4.69) is 17.7 Å². The Hall–Kier alpha value is -0.990. The van der Waals surface area contributed by atoms with Gasteiger partial charge in [-0.25, -0.2) is 13.4 Å². The largest absolute Gasteiger partial charge is 0.756 e. The second kappa shape index (κ2) is 11.6. The molecule has 2 aliphatic rings. The van der Waals surface area contributed by atoms with E-state index in [1.165, 1.54) is 0 Å². The van der Waals surface area contributed by atoms with Crippen LogP contribution < -0.4 is 25.9 Å². The Morgan fingerprint density at radius 3 is 2.20 bits per heavy atom. The molecule has 35 heavy (non-hydrogen) atoms. The van der Waals surface area contributed by atoms with Gasteiger partial charge < -0.3 is 33.6 Å². The van der Waals surface area contributed by atoms with Crippen LogP contribution in [0.1, 0.15) is 44.8 Å². The molecular weight excluding hydrogens is 537 g/mol. The van der Waals surface area contributed by atoms with Gasteiger partial charge in [-0.1, -0.05) is 19.3 Å². The number of phosphoric acid groups is 3. The number of aromatic nitrogens is 2. The molecule has 200 valence electrons. The summed E-state index contributed by atoms with van der Waals surface area (Å²) in [4.78, 5) is 60.5. The molecule has 6 atom stereocenters. The van der Waals surface area contributed by atoms with Crippen molar-refractivity contribution in [3.8, 4) is 0 Å². The predicted molar refractivity (Wildman–Crippen MR) is 109 cm³/mol. The van der Waals surface area contributed by atoms with E-state index in [0.29, 0.717) is 12.8 Å². The molecule has 4 unspecified atom stereocenters. The molecule has 2 fully saturated rings. The van der Waals surface area contributed by atoms with Gasteiger partial charge in [0.05, 0.1) is 19.3 Å². The topological polar surface area (TPSA) is 242 Å². The fourth-order valence-corrected chi connectivity index (χ4v) is 7.16. The van der Waals surface area contributed by atoms with Crippen molar-refractivity contribution >= 4 is 23.5 Å². The summed E-state index contributed by atoms with van der Waals surface area (Å²) < 4.78 is 58.3. The molecule has 2 heterocycles. The van der Waals surface area contributed by atoms with Crippen LogP contribution in [0, 0.1) is 5.92 Å². The highest BCUT2D eigenvalue weighted by Crippen LogP contribution is 2.63. The summed E-state index contributed by atoms with van der Waals surface area (Å²) in [7, 11) is -17.1. The lowest BCUT2D eigenvalue weighted by atomic mass is 9.90. The minimum Gasteiger partial charge on any atom is -0.756 e. The zero-order valence-electron chi connectivity index (χ0n) is 18.2. The molecule has 3 rings (SSSR count). The maximum atomic E-state index is 11.9. The minimum atomic E-state index is -5.99. The van der Waals surface area contributed by atoms with Gasteiger partial charge in [-0.05, 0) is 18.8 Å². The third-order valence-corrected chi connectivity index (χ3v) is 9.49. The van der Waals surface area contributed by atoms with E-state index >= 15 is 0 Å². The molecule has 0 aromatic carbocycles. The third-order valence-electron chi connectivity index (χ3n) is 5.36. The van der Waals surface area contributed by atoms with Crippen LogP contribution in [0.5, 0.6) is 0 Å². The van der Waals surface area contributed by atoms with E-state index < -0.39 is 59.8 Å². The summed E-state index contributed by atoms with van der Waals surface area (Å²) >= 11 is 0. The van der Waals surface area contributed by atoms with E-state index in [1.807, 2.05) is 4.98 Å². The molecule has 16 nitrogen and oxygen atoms in total. The number of aliphatic hydroxyl groups excluding tert-OH is 1. The van der Waals surface area contributed by atoms with Crippen LogP contribution in [-0.4, -0.2) is 40.1 Å². The lowest BCUT2D eigenvalue weighted by Gasteiger charge is -2.35. The summed E-state index contributed by atoms with van der Waals surface area (Å²) in [6.45, 7) is -1.26. The fraction of sp³-hybridized carbons (Fsp3) is 0.750. The van der Waals surface area contributed by atoms with Gasteiger partial charge in [-0.15, -0.1) is 0 Å². The van der Waals surface area contributed by atoms with E-state index in [0.717, 1.165) is 36.1 Å². The normalized spacial score (nSPS) is 28.7. The van der Waals surface area contributed by atoms with Crippen molar-refractivity contribution in [3.05, 3.63) is 33.1 Å². The molecule has 19 heteroatoms. The van der Waals surface area contributed by atoms with Crippen molar-refractivity contribution < 1.29 is 55.9 Å². The quantitative estimate of drug-likeness (QED) is 0.316. The Labute approximate surface area is 198 Å². The molecule has 0 radical (unpaired) electrons. The van der Waals surface area contributed by atoms with Crippen molar-refractivity contribution in [2.24, 2.45) is 5.92 Å². The first-order chi connectivity index (χ1) is 16.3. The highest BCUT2D eigenvalue weighted by atomic mass is 31.3. The lowest BCUT2D eigenvalue weighted by molar-refractivity contribution is -0.252. The van der Waals surface area contributed by atoms with Crippen molar-refractivity contribution in [3.63, 3.8) is 0 Å². The van der Waals surface area contributed by atoms with Crippen LogP contribution in [0.2, 0.25) is 0 Å². The molecule has 1 aliphatic carbocycles. The molecule has 1 aromatic rings. The molecule has 2 N–H and O–H groups in total. The highest BCUT2D eigenvalue weighted by molar-refractivity contribution is 7.65. The number of aliphatic hydroxyl groups is 1. The monoisotopic (exact) mass is 561 g/mol. The molecule has 1 aromatic heterocycles. The maximum Gasteiger partial charge on any atom is 0.330 e. The Morgan fingerprint density at radius 1 is 1.00 bits per heavy atom. The van der Waals surface area contributed by atoms with Gasteiger partial charge in [0.15, 0.2) is 0 Å². The van der Waals surface area contributed by atoms with Gasteiger partial charge in [-0.2, -0.15) is 0 Å². The number of ether oxygens (including phenoxy) is 1. The second-order valence-corrected chi connectivity index (χ2v) is 12.6. The van der Waals surface area contributed by atoms with Crippen LogP contribution >= 0.6 is 23.5 Å². The summed E-state index contributed by atoms with van der Waals surface area (Å²) in [6, 6.07) is 1.03. The Morgan fingerprint density at radius 2 is 1.60 bits per heavy atom. The number of H-pyrrole nitrogens is 1. The predicted octanol–water partition coefficient (Wildman–Crippen LogP) is -0.763. The number of aromatic amines is 1. The zero-order valence-corrected chi connectivity index (χ0v) is 20.8. The van der Waals surface area contributed by atoms with Gasteiger partial charge in [0.2, 0.25) is 0 Å². The van der Waals surface area contributed by atoms with E-state index in [-0.39, 0.29) is 18.9 Å². The number of rotatable bonds is 11. The Bertz CT molecular complexity index is 1130. The van der Waals surface area contributed by atoms with E-state index in [9.17, 15) is 43.1 Å². The molecule has 0 bridgehead atoms. The van der Waals surface area contributed by atoms with Crippen LogP contribution in [0.4, 0.5) is 0 Å². The SMILES string of the molecule is O=c1ccn([C@H]2CC(O)[C@@H](COP(=O)([O-])OP(=O)([O-])OP(=O)([O-])OCC3CCCCC3)O2)c(=O)[nH]1. The Balaban J connectivity index is 1.51. The number of nitrogens with one attached hydrogen (secondary N) is 1. The second-order valence-electron chi connectivity index (χ2n) is 8.05. The van der Waals surface area contributed by atoms with Crippen molar-refractivity contribution in [1.82, 2.24) is 9.55 Å². The third kappa shape index (κ3) is 8.81. The molecule has 0 spiro atoms. The van der Waals surface area contributed by atoms with E-state index in [4.69, 9.17) is 4.74 Å². The van der Waals surface area contributed by atoms with Crippen LogP contribution in [0.15, 0.2) is 21.9 Å². The first-order valence-electron chi connectivity index (χ1n) is 10.6. The standard InChI is InChI=1S/C16H27N2O14P3/c19-12-8-15(18-7-6-14(20)17-16(18)21)30-13(12)10-29-34(24,25)32-35(26,27)31-33(22,23)28-9-11-4-2-1-3-5-11/h6-7,11-13,15,19H,1-5,8-10H2,(H,22,23)(H,24,25)(H,26,27)(H,17,20,21)/p-3/t12?,13-,15-/m1/s1. The molecule has 1 aliphatic heterocycles. The minimum absolute atomic E-state index is 0.107. The smallest absolute Gasteiger partial charge is 0.330 e. The van der Waals surface area contributed by atoms with Gasteiger partial charge in [0, 0.05) is 18.7 Å². The average molecular weight is 561 g/mol. The highest BCUT2D eigenvalue weighted by Gasteiger charge is 2.37. The summed E-state index contributed by atoms with van der Waals surface area (Å²) in [5.74, 6) is -0.107. The number of hydrogen-bond donors (Lipinski definition) is 2. The number of hydrogen-bond acceptors (Lipinski definition) is 14. The van der Waals surface area contributed by atoms with Gasteiger partial charge >= 0.3 is 5.69 Å². The zero-order chi connectivity index (χ0) is 25.9. The van der Waals surface area contributed by atoms with Crippen molar-refractivity contribution in [1.29, 1.82) is 0 Å². The first-order valence-corrected chi connectivity index (χ1v) is 14.9. The average Bonchev–Trinajstić information content (AvgIpc) is 3.10. The van der Waals surface area contributed by atoms with Crippen LogP contribution in [0.3, 0.4) is 0 Å².